The van der Waals surface area contributed by atoms with Crippen LogP contribution in [0.3, 0.4) is 0 Å². The van der Waals surface area contributed by atoms with Crippen molar-refractivity contribution >= 4 is 40.0 Å². The summed E-state index contributed by atoms with van der Waals surface area (Å²) in [6, 6.07) is 6.39. The van der Waals surface area contributed by atoms with Crippen molar-refractivity contribution in [3.05, 3.63) is 35.6 Å². The van der Waals surface area contributed by atoms with E-state index in [0.717, 1.165) is 35.6 Å². The monoisotopic (exact) mass is 442 g/mol. The summed E-state index contributed by atoms with van der Waals surface area (Å²) in [5.74, 6) is -0.460. The van der Waals surface area contributed by atoms with Crippen LogP contribution in [0.5, 0.6) is 0 Å². The Hall–Kier alpha value is -3.40. The van der Waals surface area contributed by atoms with Gasteiger partial charge in [0.1, 0.15) is 5.82 Å². The summed E-state index contributed by atoms with van der Waals surface area (Å²) in [6.07, 6.45) is 1.63. The van der Waals surface area contributed by atoms with Crippen LogP contribution in [-0.4, -0.2) is 46.9 Å². The Balaban J connectivity index is 2.02. The lowest BCUT2D eigenvalue weighted by atomic mass is 10.1. The molecule has 2 atom stereocenters. The highest BCUT2D eigenvalue weighted by molar-refractivity contribution is 5.99. The number of benzene rings is 1. The topological polar surface area (TPSA) is 127 Å². The van der Waals surface area contributed by atoms with Gasteiger partial charge in [-0.05, 0) is 37.6 Å². The fraction of sp³-hybridized carbons (Fsp3) is 0.409. The van der Waals surface area contributed by atoms with Crippen LogP contribution < -0.4 is 27.0 Å². The van der Waals surface area contributed by atoms with E-state index in [1.807, 2.05) is 58.1 Å². The molecule has 0 aliphatic rings. The fourth-order valence-electron chi connectivity index (χ4n) is 3.62. The molecule has 1 aromatic carbocycles. The second kappa shape index (κ2) is 9.39. The highest BCUT2D eigenvalue weighted by Crippen LogP contribution is 2.30. The highest BCUT2D eigenvalue weighted by Gasteiger charge is 2.20. The van der Waals surface area contributed by atoms with E-state index in [0.29, 0.717) is 5.69 Å². The van der Waals surface area contributed by atoms with Gasteiger partial charge in [0, 0.05) is 44.3 Å². The first-order valence-corrected chi connectivity index (χ1v) is 10.6. The van der Waals surface area contributed by atoms with Crippen molar-refractivity contribution in [1.82, 2.24) is 14.8 Å². The van der Waals surface area contributed by atoms with Gasteiger partial charge >= 0.3 is 0 Å². The maximum atomic E-state index is 14.7. The normalized spacial score (nSPS) is 13.1. The molecule has 3 rings (SSSR count). The van der Waals surface area contributed by atoms with E-state index in [2.05, 4.69) is 20.7 Å². The van der Waals surface area contributed by atoms with Gasteiger partial charge in [0.25, 0.3) is 5.91 Å². The minimum Gasteiger partial charge on any atom is -0.365 e. The number of rotatable bonds is 9. The standard InChI is InChI=1S/C22H31FN8O/c1-6-7-17(12(2)24)27-21-16(23)11-15(19(25)32)20(28-21)26-13-8-9-18-14(10-13)22(30(3)4)29-31(18)5/h8-12,17H,6-7,24H2,1-5H3,(H2,25,32)(H2,26,27,28)/t12-,17+/m0/s1. The van der Waals surface area contributed by atoms with Gasteiger partial charge in [-0.2, -0.15) is 5.10 Å². The zero-order chi connectivity index (χ0) is 23.6. The Morgan fingerprint density at radius 2 is 2.00 bits per heavy atom. The van der Waals surface area contributed by atoms with Crippen LogP contribution in [0, 0.1) is 5.82 Å². The summed E-state index contributed by atoms with van der Waals surface area (Å²) >= 11 is 0. The Bertz CT molecular complexity index is 1120. The van der Waals surface area contributed by atoms with Crippen LogP contribution in [0.15, 0.2) is 24.3 Å². The first-order valence-electron chi connectivity index (χ1n) is 10.6. The number of amides is 1. The first kappa shape index (κ1) is 23.3. The van der Waals surface area contributed by atoms with Gasteiger partial charge in [0.15, 0.2) is 17.5 Å². The Morgan fingerprint density at radius 1 is 1.28 bits per heavy atom. The average molecular weight is 443 g/mol. The third kappa shape index (κ3) is 4.75. The molecular formula is C22H31FN8O. The summed E-state index contributed by atoms with van der Waals surface area (Å²) in [5.41, 5.74) is 13.1. The predicted octanol–water partition coefficient (Wildman–Crippen LogP) is 2.94. The van der Waals surface area contributed by atoms with Crippen molar-refractivity contribution in [3.63, 3.8) is 0 Å². The number of primary amides is 1. The van der Waals surface area contributed by atoms with Crippen LogP contribution >= 0.6 is 0 Å². The molecule has 3 aromatic rings. The molecule has 1 amide bonds. The van der Waals surface area contributed by atoms with Crippen molar-refractivity contribution < 1.29 is 9.18 Å². The van der Waals surface area contributed by atoms with Crippen molar-refractivity contribution in [2.75, 3.05) is 29.6 Å². The molecule has 0 aliphatic carbocycles. The van der Waals surface area contributed by atoms with Gasteiger partial charge in [0.05, 0.1) is 11.1 Å². The molecule has 6 N–H and O–H groups in total. The Labute approximate surface area is 187 Å². The smallest absolute Gasteiger partial charge is 0.252 e. The first-order chi connectivity index (χ1) is 15.1. The summed E-state index contributed by atoms with van der Waals surface area (Å²) in [6.45, 7) is 3.88. The quantitative estimate of drug-likeness (QED) is 0.401. The Kier molecular flexibility index (Phi) is 6.83. The van der Waals surface area contributed by atoms with E-state index in [-0.39, 0.29) is 29.3 Å². The van der Waals surface area contributed by atoms with Crippen LogP contribution in [0.25, 0.3) is 10.9 Å². The van der Waals surface area contributed by atoms with E-state index in [1.54, 1.807) is 4.68 Å². The van der Waals surface area contributed by atoms with E-state index in [4.69, 9.17) is 11.5 Å². The number of hydrogen-bond donors (Lipinski definition) is 4. The second-order valence-electron chi connectivity index (χ2n) is 8.18. The lowest BCUT2D eigenvalue weighted by Crippen LogP contribution is -2.38. The number of aryl methyl sites for hydroxylation is 1. The molecule has 0 bridgehead atoms. The van der Waals surface area contributed by atoms with Crippen molar-refractivity contribution in [3.8, 4) is 0 Å². The minimum atomic E-state index is -0.779. The molecule has 0 spiro atoms. The average Bonchev–Trinajstić information content (AvgIpc) is 3.05. The van der Waals surface area contributed by atoms with Crippen molar-refractivity contribution in [2.45, 2.75) is 38.8 Å². The summed E-state index contributed by atoms with van der Waals surface area (Å²) in [5, 5.41) is 11.6. The highest BCUT2D eigenvalue weighted by atomic mass is 19.1. The molecule has 0 aliphatic heterocycles. The minimum absolute atomic E-state index is 0.0182. The molecule has 0 unspecified atom stereocenters. The van der Waals surface area contributed by atoms with E-state index in [9.17, 15) is 9.18 Å². The van der Waals surface area contributed by atoms with Crippen molar-refractivity contribution in [1.29, 1.82) is 0 Å². The van der Waals surface area contributed by atoms with Gasteiger partial charge in [-0.25, -0.2) is 9.37 Å². The van der Waals surface area contributed by atoms with Crippen LogP contribution in [0.1, 0.15) is 37.0 Å². The molecule has 0 saturated heterocycles. The fourth-order valence-corrected chi connectivity index (χ4v) is 3.62. The third-order valence-corrected chi connectivity index (χ3v) is 5.32. The number of nitrogens with zero attached hydrogens (tertiary/aromatic N) is 4. The van der Waals surface area contributed by atoms with Crippen LogP contribution in [0.2, 0.25) is 0 Å². The molecular weight excluding hydrogens is 411 g/mol. The van der Waals surface area contributed by atoms with Gasteiger partial charge in [-0.15, -0.1) is 0 Å². The second-order valence-corrected chi connectivity index (χ2v) is 8.18. The molecule has 9 nitrogen and oxygen atoms in total. The molecule has 172 valence electrons. The lowest BCUT2D eigenvalue weighted by molar-refractivity contribution is 0.100. The molecule has 0 radical (unpaired) electrons. The number of hydrogen-bond acceptors (Lipinski definition) is 7. The van der Waals surface area contributed by atoms with E-state index < -0.39 is 11.7 Å². The number of carbonyl (C=O) groups excluding carboxylic acids is 1. The van der Waals surface area contributed by atoms with Gasteiger partial charge < -0.3 is 27.0 Å². The lowest BCUT2D eigenvalue weighted by Gasteiger charge is -2.23. The number of carbonyl (C=O) groups is 1. The maximum absolute atomic E-state index is 14.7. The zero-order valence-electron chi connectivity index (χ0n) is 19.1. The van der Waals surface area contributed by atoms with Gasteiger partial charge in [-0.3, -0.25) is 9.48 Å². The zero-order valence-corrected chi connectivity index (χ0v) is 19.1. The molecule has 10 heteroatoms. The number of anilines is 4. The molecule has 0 fully saturated rings. The number of halogens is 1. The number of nitrogens with one attached hydrogen (secondary N) is 2. The summed E-state index contributed by atoms with van der Waals surface area (Å²) in [7, 11) is 5.70. The van der Waals surface area contributed by atoms with Crippen LogP contribution in [-0.2, 0) is 7.05 Å². The maximum Gasteiger partial charge on any atom is 0.252 e. The Morgan fingerprint density at radius 3 is 2.59 bits per heavy atom. The number of nitrogens with two attached hydrogens (primary N) is 2. The van der Waals surface area contributed by atoms with Gasteiger partial charge in [0.2, 0.25) is 0 Å². The SMILES string of the molecule is CCC[C@@H](Nc1nc(Nc2ccc3c(c2)c(N(C)C)nn3C)c(C(N)=O)cc1F)[C@H](C)N. The molecule has 0 saturated carbocycles. The molecule has 32 heavy (non-hydrogen) atoms. The van der Waals surface area contributed by atoms with E-state index >= 15 is 0 Å². The molecule has 2 heterocycles. The third-order valence-electron chi connectivity index (χ3n) is 5.32. The number of pyridine rings is 1. The summed E-state index contributed by atoms with van der Waals surface area (Å²) in [4.78, 5) is 18.3. The largest absolute Gasteiger partial charge is 0.365 e. The van der Waals surface area contributed by atoms with Crippen molar-refractivity contribution in [2.24, 2.45) is 18.5 Å². The summed E-state index contributed by atoms with van der Waals surface area (Å²) < 4.78 is 16.5. The number of aromatic nitrogens is 3. The predicted molar refractivity (Wildman–Crippen MR) is 127 cm³/mol. The van der Waals surface area contributed by atoms with Gasteiger partial charge in [-0.1, -0.05) is 13.3 Å². The molecule has 2 aromatic heterocycles. The van der Waals surface area contributed by atoms with Crippen LogP contribution in [0.4, 0.5) is 27.5 Å². The number of fused-ring (bicyclic) bond motifs is 1. The van der Waals surface area contributed by atoms with E-state index in [1.165, 1.54) is 0 Å².